The quantitative estimate of drug-likeness (QED) is 0.715. The number of amides is 1. The van der Waals surface area contributed by atoms with Crippen LogP contribution < -0.4 is 5.32 Å². The van der Waals surface area contributed by atoms with E-state index in [4.69, 9.17) is 0 Å². The molecule has 1 amide bonds. The minimum Gasteiger partial charge on any atom is -0.479 e. The normalized spacial score (nSPS) is 13.8. The topological polar surface area (TPSA) is 66.4 Å². The van der Waals surface area contributed by atoms with Crippen molar-refractivity contribution in [2.75, 3.05) is 0 Å². The first-order chi connectivity index (χ1) is 7.67. The Labute approximate surface area is 94.3 Å². The fourth-order valence-corrected chi connectivity index (χ4v) is 1.79. The Kier molecular flexibility index (Phi) is 4.05. The molecule has 0 saturated heterocycles. The molecular formula is C12H15NO3. The summed E-state index contributed by atoms with van der Waals surface area (Å²) in [5.41, 5.74) is -0.714. The molecule has 4 nitrogen and oxygen atoms in total. The molecule has 2 N–H and O–H groups in total. The molecule has 1 unspecified atom stereocenters. The van der Waals surface area contributed by atoms with Crippen molar-refractivity contribution in [3.05, 3.63) is 35.9 Å². The number of hydrogen-bond donors (Lipinski definition) is 2. The molecule has 0 heterocycles. The number of nitrogens with one attached hydrogen (secondary N) is 1. The molecule has 0 aliphatic heterocycles. The highest BCUT2D eigenvalue weighted by atomic mass is 16.4. The second-order valence-electron chi connectivity index (χ2n) is 3.59. The molecule has 0 saturated carbocycles. The number of carboxylic acid groups (broad SMARTS) is 1. The summed E-state index contributed by atoms with van der Waals surface area (Å²) in [5.74, 6) is -1.03. The zero-order valence-electron chi connectivity index (χ0n) is 9.14. The van der Waals surface area contributed by atoms with Gasteiger partial charge in [-0.15, -0.1) is 0 Å². The maximum Gasteiger partial charge on any atom is 0.334 e. The van der Waals surface area contributed by atoms with E-state index in [1.165, 1.54) is 0 Å². The van der Waals surface area contributed by atoms with Crippen LogP contribution in [0.25, 0.3) is 0 Å². The van der Waals surface area contributed by atoms with E-state index in [1.54, 1.807) is 24.3 Å². The smallest absolute Gasteiger partial charge is 0.334 e. The molecule has 0 bridgehead atoms. The lowest BCUT2D eigenvalue weighted by Crippen LogP contribution is -2.48. The van der Waals surface area contributed by atoms with E-state index in [1.807, 2.05) is 13.0 Å². The van der Waals surface area contributed by atoms with Gasteiger partial charge in [0.25, 0.3) is 0 Å². The van der Waals surface area contributed by atoms with E-state index >= 15 is 0 Å². The van der Waals surface area contributed by atoms with Crippen LogP contribution in [-0.2, 0) is 15.1 Å². The molecule has 0 fully saturated rings. The van der Waals surface area contributed by atoms with Gasteiger partial charge >= 0.3 is 5.97 Å². The Morgan fingerprint density at radius 2 is 2.06 bits per heavy atom. The number of rotatable bonds is 6. The third-order valence-corrected chi connectivity index (χ3v) is 2.56. The number of carboxylic acids is 1. The Bertz CT molecular complexity index is 364. The van der Waals surface area contributed by atoms with E-state index in [0.29, 0.717) is 24.8 Å². The van der Waals surface area contributed by atoms with Gasteiger partial charge in [-0.1, -0.05) is 43.7 Å². The summed E-state index contributed by atoms with van der Waals surface area (Å²) < 4.78 is 0. The Hall–Kier alpha value is -1.84. The molecule has 1 aromatic carbocycles. The summed E-state index contributed by atoms with van der Waals surface area (Å²) in [7, 11) is 0. The first-order valence-electron chi connectivity index (χ1n) is 5.17. The summed E-state index contributed by atoms with van der Waals surface area (Å²) in [4.78, 5) is 22.0. The summed E-state index contributed by atoms with van der Waals surface area (Å²) in [6, 6.07) is 8.74. The lowest BCUT2D eigenvalue weighted by Gasteiger charge is -2.28. The molecular weight excluding hydrogens is 206 g/mol. The van der Waals surface area contributed by atoms with Crippen molar-refractivity contribution < 1.29 is 14.7 Å². The fraction of sp³-hybridized carbons (Fsp3) is 0.333. The minimum absolute atomic E-state index is 0.366. The average Bonchev–Trinajstić information content (AvgIpc) is 2.29. The van der Waals surface area contributed by atoms with Gasteiger partial charge in [-0.25, -0.2) is 4.79 Å². The maximum atomic E-state index is 11.4. The standard InChI is InChI=1S/C12H15NO3/c1-2-8-12(11(15)16,13-9-14)10-6-4-3-5-7-10/h3-7,9H,2,8H2,1H3,(H,13,14)(H,15,16). The molecule has 1 atom stereocenters. The summed E-state index contributed by atoms with van der Waals surface area (Å²) >= 11 is 0. The predicted octanol–water partition coefficient (Wildman–Crippen LogP) is 1.51. The Morgan fingerprint density at radius 3 is 2.50 bits per heavy atom. The van der Waals surface area contributed by atoms with Crippen molar-refractivity contribution in [2.45, 2.75) is 25.3 Å². The van der Waals surface area contributed by atoms with Gasteiger partial charge in [-0.3, -0.25) is 4.79 Å². The predicted molar refractivity (Wildman–Crippen MR) is 59.9 cm³/mol. The zero-order valence-corrected chi connectivity index (χ0v) is 9.14. The molecule has 4 heteroatoms. The molecule has 0 radical (unpaired) electrons. The SMILES string of the molecule is CCCC(NC=O)(C(=O)O)c1ccccc1. The van der Waals surface area contributed by atoms with Crippen molar-refractivity contribution in [3.63, 3.8) is 0 Å². The minimum atomic E-state index is -1.31. The third-order valence-electron chi connectivity index (χ3n) is 2.56. The summed E-state index contributed by atoms with van der Waals surface area (Å²) in [6.45, 7) is 1.88. The van der Waals surface area contributed by atoms with Gasteiger partial charge in [0.05, 0.1) is 0 Å². The van der Waals surface area contributed by atoms with Gasteiger partial charge in [-0.05, 0) is 12.0 Å². The van der Waals surface area contributed by atoms with E-state index in [9.17, 15) is 14.7 Å². The second kappa shape index (κ2) is 5.30. The molecule has 0 aromatic heterocycles. The number of benzene rings is 1. The number of carbonyl (C=O) groups is 2. The highest BCUT2D eigenvalue weighted by molar-refractivity contribution is 5.83. The van der Waals surface area contributed by atoms with Crippen molar-refractivity contribution in [3.8, 4) is 0 Å². The first-order valence-corrected chi connectivity index (χ1v) is 5.17. The van der Waals surface area contributed by atoms with Gasteiger partial charge < -0.3 is 10.4 Å². The average molecular weight is 221 g/mol. The van der Waals surface area contributed by atoms with Crippen LogP contribution in [0.4, 0.5) is 0 Å². The Morgan fingerprint density at radius 1 is 1.44 bits per heavy atom. The molecule has 1 rings (SSSR count). The molecule has 86 valence electrons. The lowest BCUT2D eigenvalue weighted by molar-refractivity contribution is -0.147. The van der Waals surface area contributed by atoms with Gasteiger partial charge in [-0.2, -0.15) is 0 Å². The van der Waals surface area contributed by atoms with Crippen LogP contribution in [0.15, 0.2) is 30.3 Å². The second-order valence-corrected chi connectivity index (χ2v) is 3.59. The summed E-state index contributed by atoms with van der Waals surface area (Å²) in [5, 5.41) is 11.8. The maximum absolute atomic E-state index is 11.4. The first kappa shape index (κ1) is 12.2. The molecule has 1 aromatic rings. The monoisotopic (exact) mass is 221 g/mol. The molecule has 16 heavy (non-hydrogen) atoms. The number of hydrogen-bond acceptors (Lipinski definition) is 2. The summed E-state index contributed by atoms with van der Waals surface area (Å²) in [6.07, 6.45) is 1.48. The van der Waals surface area contributed by atoms with E-state index in [0.717, 1.165) is 0 Å². The van der Waals surface area contributed by atoms with Gasteiger partial charge in [0.2, 0.25) is 6.41 Å². The highest BCUT2D eigenvalue weighted by Crippen LogP contribution is 2.26. The Balaban J connectivity index is 3.20. The zero-order chi connectivity index (χ0) is 12.0. The largest absolute Gasteiger partial charge is 0.479 e. The van der Waals surface area contributed by atoms with Crippen LogP contribution in [0.1, 0.15) is 25.3 Å². The third kappa shape index (κ3) is 2.21. The van der Waals surface area contributed by atoms with Crippen LogP contribution in [0.2, 0.25) is 0 Å². The van der Waals surface area contributed by atoms with Crippen LogP contribution >= 0.6 is 0 Å². The van der Waals surface area contributed by atoms with Crippen molar-refractivity contribution >= 4 is 12.4 Å². The van der Waals surface area contributed by atoms with Crippen LogP contribution in [-0.4, -0.2) is 17.5 Å². The van der Waals surface area contributed by atoms with Crippen molar-refractivity contribution in [1.82, 2.24) is 5.32 Å². The van der Waals surface area contributed by atoms with E-state index < -0.39 is 11.5 Å². The van der Waals surface area contributed by atoms with E-state index in [2.05, 4.69) is 5.32 Å². The van der Waals surface area contributed by atoms with Gasteiger partial charge in [0.1, 0.15) is 0 Å². The van der Waals surface area contributed by atoms with E-state index in [-0.39, 0.29) is 0 Å². The lowest BCUT2D eigenvalue weighted by atomic mass is 9.86. The number of carbonyl (C=O) groups excluding carboxylic acids is 1. The highest BCUT2D eigenvalue weighted by Gasteiger charge is 2.38. The van der Waals surface area contributed by atoms with Crippen LogP contribution in [0.5, 0.6) is 0 Å². The molecule has 0 spiro atoms. The van der Waals surface area contributed by atoms with Gasteiger partial charge in [0.15, 0.2) is 5.54 Å². The molecule has 0 aliphatic rings. The van der Waals surface area contributed by atoms with Crippen molar-refractivity contribution in [2.24, 2.45) is 0 Å². The fourth-order valence-electron chi connectivity index (χ4n) is 1.79. The molecule has 0 aliphatic carbocycles. The van der Waals surface area contributed by atoms with Crippen LogP contribution in [0.3, 0.4) is 0 Å². The van der Waals surface area contributed by atoms with Crippen molar-refractivity contribution in [1.29, 1.82) is 0 Å². The van der Waals surface area contributed by atoms with Gasteiger partial charge in [0, 0.05) is 0 Å². The van der Waals surface area contributed by atoms with Crippen LogP contribution in [0, 0.1) is 0 Å². The number of aliphatic carboxylic acids is 1.